The smallest absolute Gasteiger partial charge is 0.227 e. The molecule has 0 atom stereocenters. The van der Waals surface area contributed by atoms with Crippen molar-refractivity contribution in [1.82, 2.24) is 4.98 Å². The van der Waals surface area contributed by atoms with Gasteiger partial charge in [0.2, 0.25) is 11.8 Å². The lowest BCUT2D eigenvalue weighted by Crippen LogP contribution is -2.10. The highest BCUT2D eigenvalue weighted by molar-refractivity contribution is 7.91. The molecule has 0 bridgehead atoms. The molecular weight excluding hydrogens is 352 g/mol. The molecule has 7 heteroatoms. The quantitative estimate of drug-likeness (QED) is 0.732. The summed E-state index contributed by atoms with van der Waals surface area (Å²) >= 11 is 0. The number of carbonyl (C=O) groups is 1. The van der Waals surface area contributed by atoms with Gasteiger partial charge in [-0.05, 0) is 48.9 Å². The lowest BCUT2D eigenvalue weighted by molar-refractivity contribution is -0.115. The first-order valence-corrected chi connectivity index (χ1v) is 10.0. The van der Waals surface area contributed by atoms with Gasteiger partial charge in [-0.3, -0.25) is 4.79 Å². The van der Waals surface area contributed by atoms with E-state index in [2.05, 4.69) is 10.3 Å². The van der Waals surface area contributed by atoms with E-state index in [0.29, 0.717) is 23.4 Å². The number of anilines is 1. The summed E-state index contributed by atoms with van der Waals surface area (Å²) in [6.07, 6.45) is 0.412. The summed E-state index contributed by atoms with van der Waals surface area (Å²) in [7, 11) is -3.29. The van der Waals surface area contributed by atoms with E-state index in [0.717, 1.165) is 16.8 Å². The number of aryl methyl sites for hydroxylation is 1. The molecule has 1 heterocycles. The number of hydrogen-bond donors (Lipinski definition) is 1. The number of nitrogens with one attached hydrogen (secondary N) is 1. The van der Waals surface area contributed by atoms with Crippen molar-refractivity contribution in [3.05, 3.63) is 42.0 Å². The first kappa shape index (κ1) is 18.1. The Morgan fingerprint density at radius 3 is 2.58 bits per heavy atom. The zero-order valence-electron chi connectivity index (χ0n) is 14.9. The van der Waals surface area contributed by atoms with Crippen molar-refractivity contribution in [3.8, 4) is 11.5 Å². The molecule has 1 amide bonds. The highest BCUT2D eigenvalue weighted by atomic mass is 32.2. The van der Waals surface area contributed by atoms with Crippen LogP contribution in [0.5, 0.6) is 0 Å². The molecule has 0 aliphatic carbocycles. The normalized spacial score (nSPS) is 11.7. The summed E-state index contributed by atoms with van der Waals surface area (Å²) in [5.74, 6) is 0.391. The minimum absolute atomic E-state index is 0.0351. The third-order valence-corrected chi connectivity index (χ3v) is 5.90. The number of amides is 1. The van der Waals surface area contributed by atoms with E-state index in [1.807, 2.05) is 19.1 Å². The molecule has 6 nitrogen and oxygen atoms in total. The van der Waals surface area contributed by atoms with Crippen LogP contribution in [0.3, 0.4) is 0 Å². The van der Waals surface area contributed by atoms with Crippen LogP contribution in [0.1, 0.15) is 25.8 Å². The molecular formula is C19H20N2O4S. The second-order valence-electron chi connectivity index (χ2n) is 5.98. The van der Waals surface area contributed by atoms with Crippen molar-refractivity contribution in [2.75, 3.05) is 11.1 Å². The second kappa shape index (κ2) is 6.92. The Balaban J connectivity index is 1.98. The molecule has 0 unspecified atom stereocenters. The van der Waals surface area contributed by atoms with E-state index in [-0.39, 0.29) is 16.6 Å². The van der Waals surface area contributed by atoms with Gasteiger partial charge >= 0.3 is 0 Å². The van der Waals surface area contributed by atoms with Crippen LogP contribution in [0.4, 0.5) is 5.69 Å². The molecule has 0 saturated heterocycles. The lowest BCUT2D eigenvalue weighted by atomic mass is 10.1. The summed E-state index contributed by atoms with van der Waals surface area (Å²) in [5.41, 5.74) is 3.41. The van der Waals surface area contributed by atoms with Crippen molar-refractivity contribution >= 4 is 32.5 Å². The summed E-state index contributed by atoms with van der Waals surface area (Å²) < 4.78 is 29.8. The van der Waals surface area contributed by atoms with Crippen molar-refractivity contribution in [1.29, 1.82) is 0 Å². The van der Waals surface area contributed by atoms with Crippen molar-refractivity contribution in [2.45, 2.75) is 32.1 Å². The average Bonchev–Trinajstić information content (AvgIpc) is 3.06. The number of aromatic nitrogens is 1. The molecule has 0 aliphatic rings. The molecule has 0 aliphatic heterocycles. The van der Waals surface area contributed by atoms with Gasteiger partial charge in [-0.25, -0.2) is 13.4 Å². The van der Waals surface area contributed by atoms with Crippen molar-refractivity contribution < 1.29 is 17.6 Å². The molecule has 136 valence electrons. The number of fused-ring (bicyclic) bond motifs is 1. The molecule has 3 rings (SSSR count). The number of rotatable bonds is 5. The van der Waals surface area contributed by atoms with E-state index in [9.17, 15) is 13.2 Å². The van der Waals surface area contributed by atoms with E-state index >= 15 is 0 Å². The van der Waals surface area contributed by atoms with Crippen LogP contribution in [0, 0.1) is 6.92 Å². The van der Waals surface area contributed by atoms with Crippen LogP contribution in [-0.4, -0.2) is 25.1 Å². The number of oxazole rings is 1. The van der Waals surface area contributed by atoms with Gasteiger partial charge in [0.15, 0.2) is 15.4 Å². The predicted octanol–water partition coefficient (Wildman–Crippen LogP) is 3.95. The van der Waals surface area contributed by atoms with Gasteiger partial charge in [0.1, 0.15) is 5.52 Å². The maximum Gasteiger partial charge on any atom is 0.227 e. The highest BCUT2D eigenvalue weighted by Crippen LogP contribution is 2.29. The summed E-state index contributed by atoms with van der Waals surface area (Å²) in [6.45, 7) is 5.29. The van der Waals surface area contributed by atoms with Crippen LogP contribution in [0.25, 0.3) is 22.6 Å². The molecule has 0 fully saturated rings. The van der Waals surface area contributed by atoms with Gasteiger partial charge in [-0.2, -0.15) is 0 Å². The zero-order chi connectivity index (χ0) is 18.9. The number of benzene rings is 2. The molecule has 1 N–H and O–H groups in total. The third-order valence-electron chi connectivity index (χ3n) is 4.17. The van der Waals surface area contributed by atoms with Crippen LogP contribution < -0.4 is 5.32 Å². The molecule has 0 saturated carbocycles. The Hall–Kier alpha value is -2.67. The van der Waals surface area contributed by atoms with Gasteiger partial charge in [0, 0.05) is 17.7 Å². The molecule has 2 aromatic carbocycles. The number of nitrogens with zero attached hydrogens (tertiary/aromatic N) is 1. The van der Waals surface area contributed by atoms with E-state index in [1.54, 1.807) is 26.0 Å². The fourth-order valence-corrected chi connectivity index (χ4v) is 3.47. The predicted molar refractivity (Wildman–Crippen MR) is 101 cm³/mol. The Bertz CT molecular complexity index is 1080. The number of hydrogen-bond acceptors (Lipinski definition) is 5. The largest absolute Gasteiger partial charge is 0.436 e. The fourth-order valence-electron chi connectivity index (χ4n) is 2.57. The first-order valence-electron chi connectivity index (χ1n) is 8.38. The fraction of sp³-hybridized carbons (Fsp3) is 0.263. The number of sulfone groups is 1. The monoisotopic (exact) mass is 372 g/mol. The minimum Gasteiger partial charge on any atom is -0.436 e. The van der Waals surface area contributed by atoms with Crippen LogP contribution >= 0.6 is 0 Å². The first-order chi connectivity index (χ1) is 12.3. The Labute approximate surface area is 152 Å². The van der Waals surface area contributed by atoms with E-state index < -0.39 is 9.84 Å². The minimum atomic E-state index is -3.29. The highest BCUT2D eigenvalue weighted by Gasteiger charge is 2.15. The van der Waals surface area contributed by atoms with Gasteiger partial charge < -0.3 is 9.73 Å². The summed E-state index contributed by atoms with van der Waals surface area (Å²) in [6, 6.07) is 10.2. The van der Waals surface area contributed by atoms with Gasteiger partial charge in [-0.1, -0.05) is 13.8 Å². The van der Waals surface area contributed by atoms with Crippen LogP contribution in [-0.2, 0) is 14.6 Å². The SMILES string of the molecule is CCC(=O)Nc1ccc(-c2nc3cc(S(=O)(=O)CC)ccc3o2)cc1C. The number of carbonyl (C=O) groups excluding carboxylic acids is 1. The maximum absolute atomic E-state index is 12.0. The molecule has 26 heavy (non-hydrogen) atoms. The van der Waals surface area contributed by atoms with Crippen LogP contribution in [0.15, 0.2) is 45.7 Å². The molecule has 0 spiro atoms. The summed E-state index contributed by atoms with van der Waals surface area (Å²) in [4.78, 5) is 16.2. The maximum atomic E-state index is 12.0. The Kier molecular flexibility index (Phi) is 4.82. The Morgan fingerprint density at radius 2 is 1.92 bits per heavy atom. The van der Waals surface area contributed by atoms with Gasteiger partial charge in [-0.15, -0.1) is 0 Å². The van der Waals surface area contributed by atoms with Crippen molar-refractivity contribution in [2.24, 2.45) is 0 Å². The lowest BCUT2D eigenvalue weighted by Gasteiger charge is -2.08. The van der Waals surface area contributed by atoms with Gasteiger partial charge in [0.05, 0.1) is 10.6 Å². The molecule has 0 radical (unpaired) electrons. The molecule has 1 aromatic heterocycles. The third kappa shape index (κ3) is 3.48. The van der Waals surface area contributed by atoms with E-state index in [4.69, 9.17) is 4.42 Å². The molecule has 3 aromatic rings. The van der Waals surface area contributed by atoms with Gasteiger partial charge in [0.25, 0.3) is 0 Å². The van der Waals surface area contributed by atoms with Crippen LogP contribution in [0.2, 0.25) is 0 Å². The standard InChI is InChI=1S/C19H20N2O4S/c1-4-18(22)20-15-8-6-13(10-12(15)3)19-21-16-11-14(26(23,24)5-2)7-9-17(16)25-19/h6-11H,4-5H2,1-3H3,(H,20,22). The second-order valence-corrected chi connectivity index (χ2v) is 8.26. The zero-order valence-corrected chi connectivity index (χ0v) is 15.7. The Morgan fingerprint density at radius 1 is 1.15 bits per heavy atom. The summed E-state index contributed by atoms with van der Waals surface area (Å²) in [5, 5.41) is 2.84. The topological polar surface area (TPSA) is 89.3 Å². The van der Waals surface area contributed by atoms with E-state index in [1.165, 1.54) is 12.1 Å². The average molecular weight is 372 g/mol. The van der Waals surface area contributed by atoms with Crippen molar-refractivity contribution in [3.63, 3.8) is 0 Å².